The van der Waals surface area contributed by atoms with Crippen LogP contribution in [0, 0.1) is 11.3 Å². The van der Waals surface area contributed by atoms with Gasteiger partial charge < -0.3 is 10.0 Å². The van der Waals surface area contributed by atoms with Crippen LogP contribution in [0.2, 0.25) is 0 Å². The van der Waals surface area contributed by atoms with Crippen molar-refractivity contribution in [3.63, 3.8) is 0 Å². The Bertz CT molecular complexity index is 550. The first kappa shape index (κ1) is 13.5. The number of aromatic nitrogens is 1. The predicted octanol–water partition coefficient (Wildman–Crippen LogP) is 2.17. The van der Waals surface area contributed by atoms with Gasteiger partial charge in [-0.3, -0.25) is 9.59 Å². The van der Waals surface area contributed by atoms with Crippen molar-refractivity contribution in [2.45, 2.75) is 19.3 Å². The molecule has 1 aromatic heterocycles. The van der Waals surface area contributed by atoms with E-state index in [1.165, 1.54) is 0 Å². The van der Waals surface area contributed by atoms with Gasteiger partial charge in [0.1, 0.15) is 5.69 Å². The minimum Gasteiger partial charge on any atom is -0.481 e. The van der Waals surface area contributed by atoms with Gasteiger partial charge in [0.05, 0.1) is 5.92 Å². The van der Waals surface area contributed by atoms with Crippen molar-refractivity contribution >= 4 is 27.8 Å². The summed E-state index contributed by atoms with van der Waals surface area (Å²) in [4.78, 5) is 29.2. The number of aliphatic carboxylic acids is 1. The van der Waals surface area contributed by atoms with Crippen LogP contribution in [0.4, 0.5) is 0 Å². The van der Waals surface area contributed by atoms with Crippen molar-refractivity contribution in [1.82, 2.24) is 9.88 Å². The van der Waals surface area contributed by atoms with Crippen molar-refractivity contribution in [2.24, 2.45) is 11.3 Å². The molecule has 1 unspecified atom stereocenters. The van der Waals surface area contributed by atoms with Crippen LogP contribution in [0.1, 0.15) is 29.8 Å². The second-order valence-electron chi connectivity index (χ2n) is 5.61. The first-order chi connectivity index (χ1) is 9.52. The van der Waals surface area contributed by atoms with E-state index >= 15 is 0 Å². The SMILES string of the molecule is O=C(O)C1CC12CCN(C(=O)c1ccc(Br)cn1)CC2. The number of hydrogen-bond acceptors (Lipinski definition) is 3. The summed E-state index contributed by atoms with van der Waals surface area (Å²) in [5.74, 6) is -0.968. The number of hydrogen-bond donors (Lipinski definition) is 1. The lowest BCUT2D eigenvalue weighted by Crippen LogP contribution is -2.40. The van der Waals surface area contributed by atoms with Crippen LogP contribution in [0.25, 0.3) is 0 Å². The number of carboxylic acids is 1. The third-order valence-corrected chi connectivity index (χ3v) is 4.95. The van der Waals surface area contributed by atoms with E-state index in [2.05, 4.69) is 20.9 Å². The van der Waals surface area contributed by atoms with Gasteiger partial charge in [0.2, 0.25) is 0 Å². The zero-order valence-corrected chi connectivity index (χ0v) is 12.5. The highest BCUT2D eigenvalue weighted by Crippen LogP contribution is 2.59. The van der Waals surface area contributed by atoms with Crippen molar-refractivity contribution in [2.75, 3.05) is 13.1 Å². The smallest absolute Gasteiger partial charge is 0.307 e. The third kappa shape index (κ3) is 2.32. The first-order valence-corrected chi connectivity index (χ1v) is 7.45. The molecule has 1 saturated heterocycles. The molecule has 1 aliphatic carbocycles. The molecule has 2 heterocycles. The zero-order chi connectivity index (χ0) is 14.3. The number of piperidine rings is 1. The molecular weight excluding hydrogens is 324 g/mol. The number of nitrogens with zero attached hydrogens (tertiary/aromatic N) is 2. The molecule has 1 aliphatic heterocycles. The fraction of sp³-hybridized carbons (Fsp3) is 0.500. The molecule has 1 atom stereocenters. The number of likely N-dealkylation sites (tertiary alicyclic amines) is 1. The van der Waals surface area contributed by atoms with E-state index in [0.717, 1.165) is 23.7 Å². The standard InChI is InChI=1S/C14H15BrN2O3/c15-9-1-2-11(16-8-9)12(18)17-5-3-14(4-6-17)7-10(14)13(19)20/h1-2,8,10H,3-7H2,(H,19,20). The maximum Gasteiger partial charge on any atom is 0.307 e. The quantitative estimate of drug-likeness (QED) is 0.897. The molecule has 5 nitrogen and oxygen atoms in total. The lowest BCUT2D eigenvalue weighted by Gasteiger charge is -2.32. The minimum absolute atomic E-state index is 0.0459. The van der Waals surface area contributed by atoms with Crippen molar-refractivity contribution in [3.8, 4) is 0 Å². The lowest BCUT2D eigenvalue weighted by molar-refractivity contribution is -0.139. The Kier molecular flexibility index (Phi) is 3.28. The van der Waals surface area contributed by atoms with Crippen LogP contribution in [-0.4, -0.2) is 40.0 Å². The van der Waals surface area contributed by atoms with Gasteiger partial charge in [0.15, 0.2) is 0 Å². The van der Waals surface area contributed by atoms with Crippen LogP contribution in [0.3, 0.4) is 0 Å². The second kappa shape index (κ2) is 4.84. The number of pyridine rings is 1. The number of halogens is 1. The molecule has 2 aliphatic rings. The Morgan fingerprint density at radius 3 is 2.55 bits per heavy atom. The molecule has 2 fully saturated rings. The van der Waals surface area contributed by atoms with E-state index in [0.29, 0.717) is 18.8 Å². The fourth-order valence-corrected chi connectivity index (χ4v) is 3.30. The highest BCUT2D eigenvalue weighted by Gasteiger charge is 2.59. The molecule has 1 spiro atoms. The molecular formula is C14H15BrN2O3. The normalized spacial score (nSPS) is 23.6. The lowest BCUT2D eigenvalue weighted by atomic mass is 9.90. The first-order valence-electron chi connectivity index (χ1n) is 6.65. The third-order valence-electron chi connectivity index (χ3n) is 4.48. The molecule has 1 aromatic rings. The van der Waals surface area contributed by atoms with E-state index in [4.69, 9.17) is 5.11 Å². The molecule has 6 heteroatoms. The molecule has 1 N–H and O–H groups in total. The van der Waals surface area contributed by atoms with Gasteiger partial charge in [-0.15, -0.1) is 0 Å². The number of carboxylic acid groups (broad SMARTS) is 1. The van der Waals surface area contributed by atoms with Crippen LogP contribution in [0.5, 0.6) is 0 Å². The minimum atomic E-state index is -0.695. The predicted molar refractivity (Wildman–Crippen MR) is 75.3 cm³/mol. The van der Waals surface area contributed by atoms with Crippen molar-refractivity contribution < 1.29 is 14.7 Å². The molecule has 0 bridgehead atoms. The highest BCUT2D eigenvalue weighted by molar-refractivity contribution is 9.10. The Morgan fingerprint density at radius 1 is 1.35 bits per heavy atom. The fourth-order valence-electron chi connectivity index (χ4n) is 3.07. The van der Waals surface area contributed by atoms with Crippen LogP contribution < -0.4 is 0 Å². The van der Waals surface area contributed by atoms with Gasteiger partial charge in [-0.2, -0.15) is 0 Å². The Morgan fingerprint density at radius 2 is 2.05 bits per heavy atom. The summed E-state index contributed by atoms with van der Waals surface area (Å²) >= 11 is 3.29. The van der Waals surface area contributed by atoms with Gasteiger partial charge in [-0.25, -0.2) is 4.98 Å². The number of amides is 1. The average molecular weight is 339 g/mol. The topological polar surface area (TPSA) is 70.5 Å². The van der Waals surface area contributed by atoms with Gasteiger partial charge >= 0.3 is 5.97 Å². The molecule has 3 rings (SSSR count). The summed E-state index contributed by atoms with van der Waals surface area (Å²) in [6, 6.07) is 3.50. The summed E-state index contributed by atoms with van der Waals surface area (Å²) < 4.78 is 0.842. The summed E-state index contributed by atoms with van der Waals surface area (Å²) in [7, 11) is 0. The maximum atomic E-state index is 12.3. The van der Waals surface area contributed by atoms with E-state index < -0.39 is 5.97 Å². The van der Waals surface area contributed by atoms with E-state index in [1.807, 2.05) is 0 Å². The highest BCUT2D eigenvalue weighted by atomic mass is 79.9. The zero-order valence-electron chi connectivity index (χ0n) is 10.9. The molecule has 20 heavy (non-hydrogen) atoms. The summed E-state index contributed by atoms with van der Waals surface area (Å²) in [5.41, 5.74) is 0.394. The summed E-state index contributed by atoms with van der Waals surface area (Å²) in [5, 5.41) is 9.05. The largest absolute Gasteiger partial charge is 0.481 e. The molecule has 0 radical (unpaired) electrons. The van der Waals surface area contributed by atoms with Gasteiger partial charge in [-0.05, 0) is 52.7 Å². The van der Waals surface area contributed by atoms with Crippen LogP contribution >= 0.6 is 15.9 Å². The van der Waals surface area contributed by atoms with Crippen LogP contribution in [0.15, 0.2) is 22.8 Å². The van der Waals surface area contributed by atoms with Crippen molar-refractivity contribution in [3.05, 3.63) is 28.5 Å². The second-order valence-corrected chi connectivity index (χ2v) is 6.53. The summed E-state index contributed by atoms with van der Waals surface area (Å²) in [6.45, 7) is 1.25. The Labute approximate surface area is 125 Å². The van der Waals surface area contributed by atoms with Gasteiger partial charge in [0, 0.05) is 23.8 Å². The molecule has 106 valence electrons. The van der Waals surface area contributed by atoms with Gasteiger partial charge in [0.25, 0.3) is 5.91 Å². The number of carbonyl (C=O) groups is 2. The van der Waals surface area contributed by atoms with Gasteiger partial charge in [-0.1, -0.05) is 0 Å². The van der Waals surface area contributed by atoms with E-state index in [1.54, 1.807) is 23.2 Å². The Hall–Kier alpha value is -1.43. The van der Waals surface area contributed by atoms with E-state index in [-0.39, 0.29) is 17.2 Å². The molecule has 1 saturated carbocycles. The Balaban J connectivity index is 1.63. The number of carbonyl (C=O) groups excluding carboxylic acids is 1. The number of rotatable bonds is 2. The maximum absolute atomic E-state index is 12.3. The average Bonchev–Trinajstić information content (AvgIpc) is 3.14. The molecule has 0 aromatic carbocycles. The van der Waals surface area contributed by atoms with Crippen LogP contribution in [-0.2, 0) is 4.79 Å². The summed E-state index contributed by atoms with van der Waals surface area (Å²) in [6.07, 6.45) is 3.94. The van der Waals surface area contributed by atoms with Crippen molar-refractivity contribution in [1.29, 1.82) is 0 Å². The van der Waals surface area contributed by atoms with E-state index in [9.17, 15) is 9.59 Å². The monoisotopic (exact) mass is 338 g/mol. The molecule has 1 amide bonds.